The van der Waals surface area contributed by atoms with Crippen molar-refractivity contribution in [2.24, 2.45) is 5.73 Å². The molecule has 1 aromatic rings. The third-order valence-corrected chi connectivity index (χ3v) is 3.28. The molecule has 88 valence electrons. The van der Waals surface area contributed by atoms with Crippen molar-refractivity contribution in [2.45, 2.75) is 38.8 Å². The normalized spacial score (nSPS) is 22.2. The second-order valence-corrected chi connectivity index (χ2v) is 4.60. The highest BCUT2D eigenvalue weighted by Crippen LogP contribution is 2.14. The molecular weight excluding hydrogens is 198 g/mol. The van der Waals surface area contributed by atoms with E-state index in [4.69, 9.17) is 5.73 Å². The van der Waals surface area contributed by atoms with Crippen molar-refractivity contribution in [3.63, 3.8) is 0 Å². The second kappa shape index (κ2) is 5.41. The van der Waals surface area contributed by atoms with Crippen molar-refractivity contribution in [3.8, 4) is 0 Å². The zero-order valence-corrected chi connectivity index (χ0v) is 10.0. The fraction of sp³-hybridized carbons (Fsp3) is 0.615. The molecule has 0 aliphatic carbocycles. The lowest BCUT2D eigenvalue weighted by atomic mass is 10.1. The van der Waals surface area contributed by atoms with Gasteiger partial charge in [-0.2, -0.15) is 0 Å². The molecule has 1 aliphatic heterocycles. The quantitative estimate of drug-likeness (QED) is 0.839. The van der Waals surface area contributed by atoms with Gasteiger partial charge < -0.3 is 5.73 Å². The maximum atomic E-state index is 5.99. The van der Waals surface area contributed by atoms with Crippen LogP contribution in [0.25, 0.3) is 0 Å². The Labute approximate surface area is 97.7 Å². The monoisotopic (exact) mass is 219 g/mol. The molecule has 16 heavy (non-hydrogen) atoms. The average molecular weight is 219 g/mol. The van der Waals surface area contributed by atoms with Gasteiger partial charge in [0.25, 0.3) is 0 Å². The number of likely N-dealkylation sites (tertiary alicyclic amines) is 1. The Morgan fingerprint density at radius 2 is 2.44 bits per heavy atom. The molecule has 3 nitrogen and oxygen atoms in total. The van der Waals surface area contributed by atoms with Crippen molar-refractivity contribution in [2.75, 3.05) is 13.1 Å². The van der Waals surface area contributed by atoms with Crippen LogP contribution in [0.4, 0.5) is 0 Å². The lowest BCUT2D eigenvalue weighted by Gasteiger charge is -2.30. The number of nitrogens with two attached hydrogens (primary N) is 1. The Morgan fingerprint density at radius 1 is 1.56 bits per heavy atom. The van der Waals surface area contributed by atoms with Gasteiger partial charge in [-0.15, -0.1) is 0 Å². The van der Waals surface area contributed by atoms with Gasteiger partial charge in [0.1, 0.15) is 0 Å². The zero-order chi connectivity index (χ0) is 11.4. The number of hydrogen-bond donors (Lipinski definition) is 1. The molecule has 0 radical (unpaired) electrons. The number of rotatable bonds is 3. The van der Waals surface area contributed by atoms with Crippen LogP contribution in [-0.2, 0) is 13.0 Å². The first-order chi connectivity index (χ1) is 7.79. The molecule has 1 aromatic heterocycles. The summed E-state index contributed by atoms with van der Waals surface area (Å²) in [4.78, 5) is 6.91. The molecule has 0 amide bonds. The SMILES string of the molecule is CCc1cccnc1CN1CCCC(N)C1. The van der Waals surface area contributed by atoms with Crippen LogP contribution < -0.4 is 5.73 Å². The van der Waals surface area contributed by atoms with Gasteiger partial charge in [0, 0.05) is 25.3 Å². The lowest BCUT2D eigenvalue weighted by molar-refractivity contribution is 0.199. The minimum Gasteiger partial charge on any atom is -0.327 e. The largest absolute Gasteiger partial charge is 0.327 e. The third-order valence-electron chi connectivity index (χ3n) is 3.28. The summed E-state index contributed by atoms with van der Waals surface area (Å²) in [5.41, 5.74) is 8.57. The van der Waals surface area contributed by atoms with Gasteiger partial charge in [-0.1, -0.05) is 13.0 Å². The van der Waals surface area contributed by atoms with Crippen LogP contribution >= 0.6 is 0 Å². The van der Waals surface area contributed by atoms with Crippen LogP contribution in [0.2, 0.25) is 0 Å². The summed E-state index contributed by atoms with van der Waals surface area (Å²) in [6.45, 7) is 5.31. The van der Waals surface area contributed by atoms with Gasteiger partial charge in [-0.3, -0.25) is 9.88 Å². The Hall–Kier alpha value is -0.930. The summed E-state index contributed by atoms with van der Waals surface area (Å²) < 4.78 is 0. The highest BCUT2D eigenvalue weighted by Gasteiger charge is 2.17. The number of aryl methyl sites for hydroxylation is 1. The summed E-state index contributed by atoms with van der Waals surface area (Å²) in [5.74, 6) is 0. The van der Waals surface area contributed by atoms with Gasteiger partial charge in [0.05, 0.1) is 5.69 Å². The van der Waals surface area contributed by atoms with Crippen LogP contribution in [0.15, 0.2) is 18.3 Å². The summed E-state index contributed by atoms with van der Waals surface area (Å²) in [6.07, 6.45) is 5.33. The molecule has 1 unspecified atom stereocenters. The van der Waals surface area contributed by atoms with Crippen LogP contribution in [0.5, 0.6) is 0 Å². The number of hydrogen-bond acceptors (Lipinski definition) is 3. The maximum absolute atomic E-state index is 5.99. The fourth-order valence-corrected chi connectivity index (χ4v) is 2.38. The molecule has 0 bridgehead atoms. The van der Waals surface area contributed by atoms with Gasteiger partial charge >= 0.3 is 0 Å². The van der Waals surface area contributed by atoms with E-state index in [-0.39, 0.29) is 0 Å². The highest BCUT2D eigenvalue weighted by atomic mass is 15.1. The van der Waals surface area contributed by atoms with Crippen LogP contribution in [0, 0.1) is 0 Å². The average Bonchev–Trinajstić information content (AvgIpc) is 2.30. The molecule has 2 rings (SSSR count). The number of nitrogens with zero attached hydrogens (tertiary/aromatic N) is 2. The van der Waals surface area contributed by atoms with E-state index in [2.05, 4.69) is 22.9 Å². The minimum atomic E-state index is 0.350. The van der Waals surface area contributed by atoms with E-state index < -0.39 is 0 Å². The summed E-state index contributed by atoms with van der Waals surface area (Å²) in [5, 5.41) is 0. The van der Waals surface area contributed by atoms with Gasteiger partial charge in [0.15, 0.2) is 0 Å². The van der Waals surface area contributed by atoms with E-state index in [1.807, 2.05) is 12.3 Å². The molecule has 1 fully saturated rings. The van der Waals surface area contributed by atoms with E-state index in [1.165, 1.54) is 24.1 Å². The minimum absolute atomic E-state index is 0.350. The summed E-state index contributed by atoms with van der Waals surface area (Å²) in [6, 6.07) is 4.54. The Morgan fingerprint density at radius 3 is 3.19 bits per heavy atom. The summed E-state index contributed by atoms with van der Waals surface area (Å²) >= 11 is 0. The van der Waals surface area contributed by atoms with E-state index in [9.17, 15) is 0 Å². The topological polar surface area (TPSA) is 42.2 Å². The smallest absolute Gasteiger partial charge is 0.0575 e. The van der Waals surface area contributed by atoms with Crippen LogP contribution in [0.1, 0.15) is 31.0 Å². The number of pyridine rings is 1. The molecule has 3 heteroatoms. The molecule has 1 saturated heterocycles. The van der Waals surface area contributed by atoms with E-state index in [0.717, 1.165) is 26.1 Å². The predicted molar refractivity (Wildman–Crippen MR) is 66.1 cm³/mol. The lowest BCUT2D eigenvalue weighted by Crippen LogP contribution is -2.42. The predicted octanol–water partition coefficient (Wildman–Crippen LogP) is 1.57. The molecule has 1 aliphatic rings. The highest BCUT2D eigenvalue weighted by molar-refractivity contribution is 5.19. The molecule has 2 heterocycles. The van der Waals surface area contributed by atoms with Gasteiger partial charge in [-0.25, -0.2) is 0 Å². The van der Waals surface area contributed by atoms with Crippen molar-refractivity contribution >= 4 is 0 Å². The standard InChI is InChI=1S/C13H21N3/c1-2-11-5-3-7-15-13(11)10-16-8-4-6-12(14)9-16/h3,5,7,12H,2,4,6,8-10,14H2,1H3. The fourth-order valence-electron chi connectivity index (χ4n) is 2.38. The van der Waals surface area contributed by atoms with E-state index in [1.54, 1.807) is 0 Å². The Balaban J connectivity index is 2.02. The Kier molecular flexibility index (Phi) is 3.91. The molecule has 0 aromatic carbocycles. The first-order valence-electron chi connectivity index (χ1n) is 6.20. The molecule has 1 atom stereocenters. The molecule has 2 N–H and O–H groups in total. The van der Waals surface area contributed by atoms with Crippen molar-refractivity contribution in [3.05, 3.63) is 29.6 Å². The number of aromatic nitrogens is 1. The maximum Gasteiger partial charge on any atom is 0.0575 e. The first kappa shape index (κ1) is 11.6. The van der Waals surface area contributed by atoms with Crippen LogP contribution in [-0.4, -0.2) is 29.0 Å². The van der Waals surface area contributed by atoms with E-state index >= 15 is 0 Å². The summed E-state index contributed by atoms with van der Waals surface area (Å²) in [7, 11) is 0. The van der Waals surface area contributed by atoms with Gasteiger partial charge in [0.2, 0.25) is 0 Å². The van der Waals surface area contributed by atoms with Crippen LogP contribution in [0.3, 0.4) is 0 Å². The molecule has 0 saturated carbocycles. The first-order valence-corrected chi connectivity index (χ1v) is 6.20. The Bertz CT molecular complexity index is 338. The number of piperidine rings is 1. The van der Waals surface area contributed by atoms with Crippen molar-refractivity contribution < 1.29 is 0 Å². The second-order valence-electron chi connectivity index (χ2n) is 4.60. The molecular formula is C13H21N3. The molecule has 0 spiro atoms. The zero-order valence-electron chi connectivity index (χ0n) is 10.0. The van der Waals surface area contributed by atoms with E-state index in [0.29, 0.717) is 6.04 Å². The van der Waals surface area contributed by atoms with Gasteiger partial charge in [-0.05, 0) is 37.4 Å². The van der Waals surface area contributed by atoms with Crippen molar-refractivity contribution in [1.29, 1.82) is 0 Å². The van der Waals surface area contributed by atoms with Crippen molar-refractivity contribution in [1.82, 2.24) is 9.88 Å². The third kappa shape index (κ3) is 2.80.